The van der Waals surface area contributed by atoms with Gasteiger partial charge in [-0.25, -0.2) is 0 Å². The smallest absolute Gasteiger partial charge is 0.394 e. The third-order valence-electron chi connectivity index (χ3n) is 0. The van der Waals surface area contributed by atoms with Crippen molar-refractivity contribution < 1.29 is 31.4 Å². The minimum absolute atomic E-state index is 0. The zero-order valence-electron chi connectivity index (χ0n) is 3.84. The lowest BCUT2D eigenvalue weighted by atomic mass is 15.8. The maximum absolute atomic E-state index is 8.74. The average molecular weight is 180 g/mol. The molecule has 7 nitrogen and oxygen atoms in total. The van der Waals surface area contributed by atoms with Crippen LogP contribution in [0.5, 0.6) is 0 Å². The van der Waals surface area contributed by atoms with E-state index in [2.05, 4.69) is 0 Å². The molecule has 9 heteroatoms. The number of rotatable bonds is 0. The first-order valence-corrected chi connectivity index (χ1v) is 3.10. The molecule has 4 N–H and O–H groups in total. The number of hydrogen-bond donors (Lipinski definition) is 2. The Kier molecular flexibility index (Phi) is 13.5. The van der Waals surface area contributed by atoms with Crippen LogP contribution < -0.4 is 0 Å². The van der Waals surface area contributed by atoms with Crippen molar-refractivity contribution in [3.63, 3.8) is 0 Å². The Morgan fingerprint density at radius 1 is 1.11 bits per heavy atom. The highest BCUT2D eigenvalue weighted by molar-refractivity contribution is 7.79. The normalized spacial score (nSPS) is 7.78. The van der Waals surface area contributed by atoms with E-state index in [-0.39, 0.29) is 5.48 Å². The monoisotopic (exact) mass is 180 g/mol. The lowest BCUT2D eigenvalue weighted by Crippen LogP contribution is -1.89. The van der Waals surface area contributed by atoms with Crippen molar-refractivity contribution in [2.75, 3.05) is 0 Å². The van der Waals surface area contributed by atoms with E-state index in [1.807, 2.05) is 0 Å². The van der Waals surface area contributed by atoms with Crippen LogP contribution in [-0.4, -0.2) is 31.4 Å². The Bertz CT molecular complexity index is 147. The van der Waals surface area contributed by atoms with Crippen molar-refractivity contribution in [3.05, 3.63) is 0 Å². The summed E-state index contributed by atoms with van der Waals surface area (Å²) in [6.07, 6.45) is 0. The second-order valence-electron chi connectivity index (χ2n) is 0.516. The Morgan fingerprint density at radius 3 is 1.11 bits per heavy atom. The third-order valence-corrected chi connectivity index (χ3v) is 0. The largest absolute Gasteiger partial charge is 0.412 e. The van der Waals surface area contributed by atoms with Gasteiger partial charge >= 0.3 is 22.0 Å². The molecule has 0 saturated carbocycles. The van der Waals surface area contributed by atoms with Gasteiger partial charge in [0, 0.05) is 0 Å². The quantitative estimate of drug-likeness (QED) is 0.407. The topological polar surface area (TPSA) is 140 Å². The van der Waals surface area contributed by atoms with E-state index in [9.17, 15) is 0 Å². The van der Waals surface area contributed by atoms with Crippen molar-refractivity contribution in [1.82, 2.24) is 0 Å². The predicted molar refractivity (Wildman–Crippen MR) is 26.7 cm³/mol. The van der Waals surface area contributed by atoms with Crippen LogP contribution in [0.25, 0.3) is 0 Å². The van der Waals surface area contributed by atoms with Gasteiger partial charge in [-0.1, -0.05) is 0 Å². The molecule has 0 aromatic carbocycles. The summed E-state index contributed by atoms with van der Waals surface area (Å²) in [5.74, 6) is 0. The van der Waals surface area contributed by atoms with Crippen molar-refractivity contribution in [2.45, 2.75) is 0 Å². The summed E-state index contributed by atoms with van der Waals surface area (Å²) in [7, 11) is -4.67. The number of hydrogen-bond acceptors (Lipinski definition) is 4. The highest BCUT2D eigenvalue weighted by Crippen LogP contribution is 1.59. The average Bonchev–Trinajstić information content (AvgIpc) is 1.27. The lowest BCUT2D eigenvalue weighted by molar-refractivity contribution is 0.381. The van der Waals surface area contributed by atoms with E-state index in [4.69, 9.17) is 25.9 Å². The van der Waals surface area contributed by atoms with Gasteiger partial charge in [-0.3, -0.25) is 9.11 Å². The van der Waals surface area contributed by atoms with Crippen molar-refractivity contribution in [1.29, 1.82) is 0 Å². The Hall–Kier alpha value is -0.350. The Morgan fingerprint density at radius 2 is 1.11 bits per heavy atom. The van der Waals surface area contributed by atoms with E-state index in [0.29, 0.717) is 0 Å². The standard InChI is InChI=1S/H2O4S.O2S.H2O/c1-5(2,3)4;1-3-2;/h(H2,1,2,3,4);;1H2. The van der Waals surface area contributed by atoms with E-state index in [1.165, 1.54) is 0 Å². The molecule has 0 radical (unpaired) electrons. The SMILES string of the molecule is O.O=S(=O)(O)O.O=S=O. The van der Waals surface area contributed by atoms with Crippen LogP contribution in [0.1, 0.15) is 0 Å². The first-order chi connectivity index (χ1) is 3.41. The van der Waals surface area contributed by atoms with Crippen LogP contribution in [-0.2, 0) is 22.0 Å². The zero-order chi connectivity index (χ0) is 7.21. The highest BCUT2D eigenvalue weighted by atomic mass is 32.3. The van der Waals surface area contributed by atoms with E-state index in [0.717, 1.165) is 0 Å². The maximum atomic E-state index is 8.74. The fraction of sp³-hybridized carbons (Fsp3) is 0. The van der Waals surface area contributed by atoms with Crippen LogP contribution in [0.4, 0.5) is 0 Å². The van der Waals surface area contributed by atoms with Gasteiger partial charge in [-0.15, -0.1) is 0 Å². The summed E-state index contributed by atoms with van der Waals surface area (Å²) in [6, 6.07) is 0. The van der Waals surface area contributed by atoms with Crippen LogP contribution in [0.3, 0.4) is 0 Å². The first-order valence-electron chi connectivity index (χ1n) is 1.03. The van der Waals surface area contributed by atoms with Crippen molar-refractivity contribution in [3.8, 4) is 0 Å². The summed E-state index contributed by atoms with van der Waals surface area (Å²) in [4.78, 5) is 0. The second kappa shape index (κ2) is 7.65. The van der Waals surface area contributed by atoms with Gasteiger partial charge in [-0.2, -0.15) is 16.8 Å². The molecule has 0 fully saturated rings. The molecule has 0 spiro atoms. The molecule has 0 aromatic rings. The zero-order valence-corrected chi connectivity index (χ0v) is 5.48. The predicted octanol–water partition coefficient (Wildman–Crippen LogP) is -2.15. The summed E-state index contributed by atoms with van der Waals surface area (Å²) in [5.41, 5.74) is 0. The molecule has 0 aliphatic carbocycles. The van der Waals surface area contributed by atoms with E-state index < -0.39 is 22.0 Å². The lowest BCUT2D eigenvalue weighted by Gasteiger charge is -1.68. The molecule has 0 bridgehead atoms. The van der Waals surface area contributed by atoms with Gasteiger partial charge in [-0.05, 0) is 0 Å². The molecule has 0 aromatic heterocycles. The molecular weight excluding hydrogens is 176 g/mol. The van der Waals surface area contributed by atoms with Crippen LogP contribution >= 0.6 is 0 Å². The molecule has 0 saturated heterocycles. The summed E-state index contributed by atoms with van der Waals surface area (Å²) in [6.45, 7) is 0. The van der Waals surface area contributed by atoms with Gasteiger partial charge in [0.05, 0.1) is 0 Å². The van der Waals surface area contributed by atoms with Gasteiger partial charge < -0.3 is 5.48 Å². The molecule has 0 amide bonds. The first kappa shape index (κ1) is 15.9. The van der Waals surface area contributed by atoms with E-state index >= 15 is 0 Å². The molecule has 58 valence electrons. The Balaban J connectivity index is -0.0000000800. The second-order valence-corrected chi connectivity index (χ2v) is 1.55. The summed E-state index contributed by atoms with van der Waals surface area (Å²) in [5, 5.41) is 0. The third kappa shape index (κ3) is 1990. The van der Waals surface area contributed by atoms with Gasteiger partial charge in [0.25, 0.3) is 0 Å². The molecular formula is H4O7S2. The molecule has 0 unspecified atom stereocenters. The minimum Gasteiger partial charge on any atom is -0.412 e. The molecule has 0 atom stereocenters. The molecule has 0 heterocycles. The fourth-order valence-electron chi connectivity index (χ4n) is 0. The summed E-state index contributed by atoms with van der Waals surface area (Å²) < 4.78 is 48.2. The van der Waals surface area contributed by atoms with Crippen LogP contribution in [0.2, 0.25) is 0 Å². The van der Waals surface area contributed by atoms with Gasteiger partial charge in [0.2, 0.25) is 0 Å². The fourth-order valence-corrected chi connectivity index (χ4v) is 0. The van der Waals surface area contributed by atoms with Gasteiger partial charge in [0.15, 0.2) is 0 Å². The van der Waals surface area contributed by atoms with Crippen LogP contribution in [0.15, 0.2) is 0 Å². The molecule has 0 aliphatic heterocycles. The van der Waals surface area contributed by atoms with E-state index in [1.54, 1.807) is 0 Å². The minimum atomic E-state index is -4.67. The molecule has 9 heavy (non-hydrogen) atoms. The van der Waals surface area contributed by atoms with Crippen LogP contribution in [0, 0.1) is 0 Å². The van der Waals surface area contributed by atoms with Crippen molar-refractivity contribution >= 4 is 22.0 Å². The molecule has 0 rings (SSSR count). The molecule has 0 aliphatic rings. The highest BCUT2D eigenvalue weighted by Gasteiger charge is 1.84. The maximum Gasteiger partial charge on any atom is 0.394 e. The van der Waals surface area contributed by atoms with Crippen molar-refractivity contribution in [2.24, 2.45) is 0 Å². The van der Waals surface area contributed by atoms with Gasteiger partial charge in [0.1, 0.15) is 0 Å². The Labute approximate surface area is 54.2 Å². The summed E-state index contributed by atoms with van der Waals surface area (Å²) >= 11 is -0.750.